The Labute approximate surface area is 193 Å². The smallest absolute Gasteiger partial charge is 0.347 e. The van der Waals surface area contributed by atoms with Crippen LogP contribution in [-0.4, -0.2) is 37.3 Å². The molecule has 2 heterocycles. The Morgan fingerprint density at radius 2 is 2.00 bits per heavy atom. The molecule has 0 saturated heterocycles. The number of furan rings is 1. The number of halogens is 2. The zero-order valence-electron chi connectivity index (χ0n) is 17.1. The van der Waals surface area contributed by atoms with Crippen molar-refractivity contribution in [3.05, 3.63) is 63.7 Å². The van der Waals surface area contributed by atoms with Crippen LogP contribution >= 0.6 is 23.2 Å². The lowest BCUT2D eigenvalue weighted by Crippen LogP contribution is -2.47. The van der Waals surface area contributed by atoms with Gasteiger partial charge in [-0.1, -0.05) is 23.2 Å². The monoisotopic (exact) mass is 482 g/mol. The van der Waals surface area contributed by atoms with Crippen molar-refractivity contribution >= 4 is 41.2 Å². The number of nitrogens with one attached hydrogen (secondary N) is 2. The van der Waals surface area contributed by atoms with Gasteiger partial charge in [0.05, 0.1) is 29.2 Å². The average molecular weight is 483 g/mol. The molecule has 0 spiro atoms. The van der Waals surface area contributed by atoms with E-state index in [9.17, 15) is 14.4 Å². The molecule has 3 rings (SSSR count). The van der Waals surface area contributed by atoms with Crippen molar-refractivity contribution in [1.29, 1.82) is 0 Å². The fraction of sp³-hybridized carbons (Fsp3) is 0.286. The highest BCUT2D eigenvalue weighted by Crippen LogP contribution is 2.30. The van der Waals surface area contributed by atoms with Crippen molar-refractivity contribution in [2.75, 3.05) is 13.2 Å². The maximum Gasteiger partial charge on any atom is 0.347 e. The molecule has 9 nitrogen and oxygen atoms in total. The molecule has 11 heteroatoms. The molecule has 1 aliphatic heterocycles. The molecule has 1 aliphatic rings. The number of rotatable bonds is 8. The third-order valence-corrected chi connectivity index (χ3v) is 4.90. The van der Waals surface area contributed by atoms with E-state index in [1.807, 2.05) is 0 Å². The first-order valence-electron chi connectivity index (χ1n) is 9.59. The minimum absolute atomic E-state index is 0.0588. The van der Waals surface area contributed by atoms with Crippen LogP contribution in [0.15, 0.2) is 52.3 Å². The van der Waals surface area contributed by atoms with Crippen molar-refractivity contribution in [2.24, 2.45) is 0 Å². The lowest BCUT2D eigenvalue weighted by atomic mass is 10.0. The summed E-state index contributed by atoms with van der Waals surface area (Å²) in [6, 6.07) is 6.29. The maximum atomic E-state index is 12.6. The van der Waals surface area contributed by atoms with E-state index >= 15 is 0 Å². The van der Waals surface area contributed by atoms with Crippen LogP contribution in [0, 0.1) is 0 Å². The van der Waals surface area contributed by atoms with Gasteiger partial charge in [-0.15, -0.1) is 0 Å². The Kier molecular flexibility index (Phi) is 7.66. The van der Waals surface area contributed by atoms with Gasteiger partial charge in [0.2, 0.25) is 0 Å². The van der Waals surface area contributed by atoms with Crippen molar-refractivity contribution in [3.63, 3.8) is 0 Å². The van der Waals surface area contributed by atoms with Crippen molar-refractivity contribution in [2.45, 2.75) is 26.0 Å². The summed E-state index contributed by atoms with van der Waals surface area (Å²) in [5.41, 5.74) is 0.127. The van der Waals surface area contributed by atoms with Gasteiger partial charge >= 0.3 is 18.0 Å². The van der Waals surface area contributed by atoms with Crippen LogP contribution in [-0.2, 0) is 19.1 Å². The SMILES string of the molecule is CCOC(=O)C1=C(COC(=O)C(C)Oc2ccc(Cl)cc2Cl)NC(=O)NC1c1ccco1. The highest BCUT2D eigenvalue weighted by Gasteiger charge is 2.36. The van der Waals surface area contributed by atoms with E-state index in [0.717, 1.165) is 0 Å². The first kappa shape index (κ1) is 23.5. The molecule has 2 unspecified atom stereocenters. The molecular weight excluding hydrogens is 463 g/mol. The molecule has 1 aromatic heterocycles. The minimum Gasteiger partial charge on any atom is -0.477 e. The lowest BCUT2D eigenvalue weighted by molar-refractivity contribution is -0.150. The molecule has 1 aromatic carbocycles. The molecular formula is C21H20Cl2N2O7. The largest absolute Gasteiger partial charge is 0.477 e. The summed E-state index contributed by atoms with van der Waals surface area (Å²) in [5, 5.41) is 5.74. The van der Waals surface area contributed by atoms with Crippen molar-refractivity contribution in [3.8, 4) is 5.75 Å². The predicted octanol–water partition coefficient (Wildman–Crippen LogP) is 3.77. The second kappa shape index (κ2) is 10.4. The van der Waals surface area contributed by atoms with E-state index in [1.165, 1.54) is 25.3 Å². The summed E-state index contributed by atoms with van der Waals surface area (Å²) >= 11 is 11.9. The summed E-state index contributed by atoms with van der Waals surface area (Å²) in [7, 11) is 0. The Morgan fingerprint density at radius 3 is 2.66 bits per heavy atom. The van der Waals surface area contributed by atoms with E-state index in [4.69, 9.17) is 41.8 Å². The zero-order chi connectivity index (χ0) is 23.3. The standard InChI is InChI=1S/C21H20Cl2N2O7/c1-3-29-20(27)17-14(24-21(28)25-18(17)16-5-4-8-30-16)10-31-19(26)11(2)32-15-7-6-12(22)9-13(15)23/h4-9,11,18H,3,10H2,1-2H3,(H2,24,25,28). The lowest BCUT2D eigenvalue weighted by Gasteiger charge is -2.27. The second-order valence-electron chi connectivity index (χ2n) is 6.60. The molecule has 0 aliphatic carbocycles. The molecule has 0 bridgehead atoms. The molecule has 2 amide bonds. The zero-order valence-corrected chi connectivity index (χ0v) is 18.7. The van der Waals surface area contributed by atoms with Crippen LogP contribution in [0.1, 0.15) is 25.6 Å². The number of carbonyl (C=O) groups excluding carboxylic acids is 3. The Hall–Kier alpha value is -3.17. The van der Waals surface area contributed by atoms with Crippen molar-refractivity contribution in [1.82, 2.24) is 10.6 Å². The summed E-state index contributed by atoms with van der Waals surface area (Å²) in [6.07, 6.45) is 0.381. The number of esters is 2. The van der Waals surface area contributed by atoms with Gasteiger partial charge in [0.25, 0.3) is 0 Å². The summed E-state index contributed by atoms with van der Waals surface area (Å²) in [5.74, 6) is -0.862. The van der Waals surface area contributed by atoms with Crippen LogP contribution in [0.4, 0.5) is 4.79 Å². The third kappa shape index (κ3) is 5.54. The van der Waals surface area contributed by atoms with Gasteiger partial charge < -0.3 is 29.3 Å². The fourth-order valence-electron chi connectivity index (χ4n) is 2.92. The minimum atomic E-state index is -1.03. The quantitative estimate of drug-likeness (QED) is 0.550. The Morgan fingerprint density at radius 1 is 1.22 bits per heavy atom. The molecule has 2 aromatic rings. The van der Waals surface area contributed by atoms with Crippen LogP contribution in [0.25, 0.3) is 0 Å². The second-order valence-corrected chi connectivity index (χ2v) is 7.45. The number of ether oxygens (including phenoxy) is 3. The molecule has 2 N–H and O–H groups in total. The maximum absolute atomic E-state index is 12.6. The Bertz CT molecular complexity index is 1040. The number of amides is 2. The van der Waals surface area contributed by atoms with Crippen LogP contribution in [0.3, 0.4) is 0 Å². The molecule has 2 atom stereocenters. The topological polar surface area (TPSA) is 116 Å². The number of hydrogen-bond acceptors (Lipinski definition) is 7. The van der Waals surface area contributed by atoms with Gasteiger partial charge in [0, 0.05) is 5.02 Å². The van der Waals surface area contributed by atoms with E-state index in [0.29, 0.717) is 10.8 Å². The third-order valence-electron chi connectivity index (χ3n) is 4.37. The van der Waals surface area contributed by atoms with Crippen molar-refractivity contribution < 1.29 is 33.0 Å². The summed E-state index contributed by atoms with van der Waals surface area (Å²) in [6.45, 7) is 2.83. The molecule has 170 valence electrons. The van der Waals surface area contributed by atoms with Crippen LogP contribution in [0.2, 0.25) is 10.0 Å². The number of carbonyl (C=O) groups is 3. The fourth-order valence-corrected chi connectivity index (χ4v) is 3.37. The van der Waals surface area contributed by atoms with E-state index in [2.05, 4.69) is 10.6 Å². The van der Waals surface area contributed by atoms with Gasteiger partial charge in [-0.05, 0) is 44.2 Å². The van der Waals surface area contributed by atoms with Gasteiger partial charge in [-0.3, -0.25) is 0 Å². The molecule has 0 saturated carbocycles. The van der Waals surface area contributed by atoms with Gasteiger partial charge in [0.1, 0.15) is 24.2 Å². The Balaban J connectivity index is 1.77. The number of benzene rings is 1. The predicted molar refractivity (Wildman–Crippen MR) is 114 cm³/mol. The summed E-state index contributed by atoms with van der Waals surface area (Å²) in [4.78, 5) is 37.2. The highest BCUT2D eigenvalue weighted by molar-refractivity contribution is 6.35. The molecule has 0 fully saturated rings. The van der Waals surface area contributed by atoms with E-state index < -0.39 is 36.7 Å². The van der Waals surface area contributed by atoms with Gasteiger partial charge in [-0.25, -0.2) is 14.4 Å². The van der Waals surface area contributed by atoms with Crippen LogP contribution in [0.5, 0.6) is 5.75 Å². The normalized spacial score (nSPS) is 16.6. The first-order valence-corrected chi connectivity index (χ1v) is 10.3. The van der Waals surface area contributed by atoms with Gasteiger partial charge in [-0.2, -0.15) is 0 Å². The first-order chi connectivity index (χ1) is 15.3. The molecule has 0 radical (unpaired) electrons. The number of hydrogen-bond donors (Lipinski definition) is 2. The highest BCUT2D eigenvalue weighted by atomic mass is 35.5. The number of urea groups is 1. The molecule has 32 heavy (non-hydrogen) atoms. The van der Waals surface area contributed by atoms with Crippen LogP contribution < -0.4 is 15.4 Å². The van der Waals surface area contributed by atoms with E-state index in [-0.39, 0.29) is 28.6 Å². The van der Waals surface area contributed by atoms with Gasteiger partial charge in [0.15, 0.2) is 6.10 Å². The van der Waals surface area contributed by atoms with E-state index in [1.54, 1.807) is 25.1 Å². The average Bonchev–Trinajstić information content (AvgIpc) is 3.28. The summed E-state index contributed by atoms with van der Waals surface area (Å²) < 4.78 is 21.3.